The predicted octanol–water partition coefficient (Wildman–Crippen LogP) is 2.38. The predicted molar refractivity (Wildman–Crippen MR) is 83.7 cm³/mol. The Morgan fingerprint density at radius 1 is 1.15 bits per heavy atom. The molecule has 0 bridgehead atoms. The summed E-state index contributed by atoms with van der Waals surface area (Å²) in [7, 11) is -3.84. The molecular weight excluding hydrogens is 294 g/mol. The van der Waals surface area contributed by atoms with Crippen LogP contribution >= 0.6 is 11.8 Å². The topological polar surface area (TPSA) is 98.2 Å². The lowest BCUT2D eigenvalue weighted by molar-refractivity contribution is 0.598. The molecule has 0 aliphatic carbocycles. The molecule has 106 valence electrons. The normalized spacial score (nSPS) is 11.3. The second-order valence-corrected chi connectivity index (χ2v) is 6.57. The van der Waals surface area contributed by atoms with E-state index in [9.17, 15) is 8.42 Å². The lowest BCUT2D eigenvalue weighted by Crippen LogP contribution is -2.14. The molecular formula is C13H15N3O2S2. The van der Waals surface area contributed by atoms with E-state index in [0.29, 0.717) is 11.4 Å². The Morgan fingerprint density at radius 2 is 1.90 bits per heavy atom. The van der Waals surface area contributed by atoms with Crippen molar-refractivity contribution in [1.29, 1.82) is 0 Å². The summed E-state index contributed by atoms with van der Waals surface area (Å²) in [4.78, 5) is 1.05. The van der Waals surface area contributed by atoms with Gasteiger partial charge in [-0.25, -0.2) is 13.6 Å². The van der Waals surface area contributed by atoms with Crippen LogP contribution in [-0.4, -0.2) is 14.7 Å². The molecule has 0 atom stereocenters. The van der Waals surface area contributed by atoms with Crippen LogP contribution in [0.15, 0.2) is 52.3 Å². The molecule has 0 heterocycles. The van der Waals surface area contributed by atoms with Gasteiger partial charge in [0.25, 0.3) is 0 Å². The van der Waals surface area contributed by atoms with Crippen LogP contribution in [0, 0.1) is 0 Å². The molecule has 0 fully saturated rings. The zero-order chi connectivity index (χ0) is 14.8. The third-order valence-corrected chi connectivity index (χ3v) is 4.34. The molecule has 0 unspecified atom stereocenters. The standard InChI is InChI=1S/C13H15N3O2S2/c1-19-11-4-2-3-10(8-11)16-12-6-5-9(14)7-13(12)20(15,17)18/h2-8,16H,14H2,1H3,(H2,15,17,18). The fourth-order valence-corrected chi connectivity index (χ4v) is 2.92. The first-order valence-corrected chi connectivity index (χ1v) is 8.50. The highest BCUT2D eigenvalue weighted by atomic mass is 32.2. The highest BCUT2D eigenvalue weighted by molar-refractivity contribution is 7.98. The number of benzene rings is 2. The molecule has 0 amide bonds. The maximum absolute atomic E-state index is 11.6. The first kappa shape index (κ1) is 14.7. The Bertz CT molecular complexity index is 730. The molecule has 5 N–H and O–H groups in total. The monoisotopic (exact) mass is 309 g/mol. The van der Waals surface area contributed by atoms with Gasteiger partial charge < -0.3 is 11.1 Å². The maximum Gasteiger partial charge on any atom is 0.240 e. The molecule has 0 saturated heterocycles. The molecule has 5 nitrogen and oxygen atoms in total. The number of nitrogens with two attached hydrogens (primary N) is 2. The molecule has 0 radical (unpaired) electrons. The summed E-state index contributed by atoms with van der Waals surface area (Å²) >= 11 is 1.60. The number of anilines is 3. The molecule has 2 aromatic carbocycles. The molecule has 0 aliphatic rings. The molecule has 2 aromatic rings. The number of hydrogen-bond acceptors (Lipinski definition) is 5. The summed E-state index contributed by atoms with van der Waals surface area (Å²) in [6.07, 6.45) is 1.97. The van der Waals surface area contributed by atoms with Crippen molar-refractivity contribution in [1.82, 2.24) is 0 Å². The minimum Gasteiger partial charge on any atom is -0.399 e. The number of sulfonamides is 1. The Labute approximate surface area is 122 Å². The molecule has 20 heavy (non-hydrogen) atoms. The number of nitrogens with one attached hydrogen (secondary N) is 1. The van der Waals surface area contributed by atoms with Crippen molar-refractivity contribution in [2.24, 2.45) is 5.14 Å². The minimum absolute atomic E-state index is 0.0212. The lowest BCUT2D eigenvalue weighted by atomic mass is 10.2. The van der Waals surface area contributed by atoms with Crippen LogP contribution in [-0.2, 0) is 10.0 Å². The summed E-state index contributed by atoms with van der Waals surface area (Å²) in [5, 5.41) is 8.26. The third kappa shape index (κ3) is 3.44. The lowest BCUT2D eigenvalue weighted by Gasteiger charge is -2.12. The van der Waals surface area contributed by atoms with Crippen LogP contribution in [0.1, 0.15) is 0 Å². The average molecular weight is 309 g/mol. The average Bonchev–Trinajstić information content (AvgIpc) is 2.40. The molecule has 0 saturated carbocycles. The highest BCUT2D eigenvalue weighted by Gasteiger charge is 2.14. The summed E-state index contributed by atoms with van der Waals surface area (Å²) < 4.78 is 23.2. The zero-order valence-corrected chi connectivity index (χ0v) is 12.5. The maximum atomic E-state index is 11.6. The number of nitrogen functional groups attached to an aromatic ring is 1. The van der Waals surface area contributed by atoms with E-state index in [1.54, 1.807) is 23.9 Å². The van der Waals surface area contributed by atoms with Crippen molar-refractivity contribution in [2.45, 2.75) is 9.79 Å². The molecule has 2 rings (SSSR count). The Hall–Kier alpha value is -1.70. The van der Waals surface area contributed by atoms with Gasteiger partial charge in [-0.15, -0.1) is 11.8 Å². The van der Waals surface area contributed by atoms with Gasteiger partial charge in [-0.2, -0.15) is 0 Å². The Balaban J connectivity index is 2.43. The van der Waals surface area contributed by atoms with Gasteiger partial charge in [0.15, 0.2) is 0 Å². The first-order chi connectivity index (χ1) is 9.40. The quantitative estimate of drug-likeness (QED) is 0.595. The van der Waals surface area contributed by atoms with Gasteiger partial charge >= 0.3 is 0 Å². The van der Waals surface area contributed by atoms with Gasteiger partial charge in [0.1, 0.15) is 4.90 Å². The van der Waals surface area contributed by atoms with E-state index < -0.39 is 10.0 Å². The molecule has 0 aromatic heterocycles. The summed E-state index contributed by atoms with van der Waals surface area (Å²) in [6, 6.07) is 12.2. The summed E-state index contributed by atoms with van der Waals surface area (Å²) in [6.45, 7) is 0. The summed E-state index contributed by atoms with van der Waals surface area (Å²) in [5.74, 6) is 0. The van der Waals surface area contributed by atoms with E-state index in [1.807, 2.05) is 30.5 Å². The van der Waals surface area contributed by atoms with Crippen LogP contribution in [0.5, 0.6) is 0 Å². The first-order valence-electron chi connectivity index (χ1n) is 5.73. The van der Waals surface area contributed by atoms with E-state index >= 15 is 0 Å². The largest absolute Gasteiger partial charge is 0.399 e. The second-order valence-electron chi connectivity index (χ2n) is 4.16. The van der Waals surface area contributed by atoms with E-state index in [1.165, 1.54) is 6.07 Å². The van der Waals surface area contributed by atoms with Crippen LogP contribution < -0.4 is 16.2 Å². The Morgan fingerprint density at radius 3 is 2.55 bits per heavy atom. The van der Waals surface area contributed by atoms with Crippen molar-refractivity contribution >= 4 is 38.8 Å². The van der Waals surface area contributed by atoms with Crippen molar-refractivity contribution in [3.05, 3.63) is 42.5 Å². The van der Waals surface area contributed by atoms with Crippen LogP contribution in [0.2, 0.25) is 0 Å². The minimum atomic E-state index is -3.84. The van der Waals surface area contributed by atoms with E-state index in [-0.39, 0.29) is 4.90 Å². The number of primary sulfonamides is 1. The third-order valence-electron chi connectivity index (χ3n) is 2.66. The Kier molecular flexibility index (Phi) is 4.22. The van der Waals surface area contributed by atoms with Crippen molar-refractivity contribution in [3.8, 4) is 0 Å². The summed E-state index contributed by atoms with van der Waals surface area (Å²) in [5.41, 5.74) is 7.14. The van der Waals surface area contributed by atoms with E-state index in [0.717, 1.165) is 10.6 Å². The number of thioether (sulfide) groups is 1. The van der Waals surface area contributed by atoms with Crippen molar-refractivity contribution in [2.75, 3.05) is 17.3 Å². The van der Waals surface area contributed by atoms with Gasteiger partial charge in [0, 0.05) is 16.3 Å². The van der Waals surface area contributed by atoms with Gasteiger partial charge in [-0.05, 0) is 42.7 Å². The van der Waals surface area contributed by atoms with Crippen molar-refractivity contribution < 1.29 is 8.42 Å². The SMILES string of the molecule is CSc1cccc(Nc2ccc(N)cc2S(N)(=O)=O)c1. The fourth-order valence-electron chi connectivity index (χ4n) is 1.73. The van der Waals surface area contributed by atoms with Gasteiger partial charge in [-0.3, -0.25) is 0 Å². The molecule has 0 aliphatic heterocycles. The number of rotatable bonds is 4. The molecule has 7 heteroatoms. The van der Waals surface area contributed by atoms with Crippen LogP contribution in [0.25, 0.3) is 0 Å². The second kappa shape index (κ2) is 5.74. The fraction of sp³-hybridized carbons (Fsp3) is 0.0769. The van der Waals surface area contributed by atoms with Gasteiger partial charge in [0.05, 0.1) is 5.69 Å². The van der Waals surface area contributed by atoms with Crippen LogP contribution in [0.4, 0.5) is 17.1 Å². The van der Waals surface area contributed by atoms with Gasteiger partial charge in [0.2, 0.25) is 10.0 Å². The zero-order valence-electron chi connectivity index (χ0n) is 10.8. The smallest absolute Gasteiger partial charge is 0.240 e. The van der Waals surface area contributed by atoms with E-state index in [4.69, 9.17) is 10.9 Å². The number of hydrogen-bond donors (Lipinski definition) is 3. The highest BCUT2D eigenvalue weighted by Crippen LogP contribution is 2.27. The van der Waals surface area contributed by atoms with Crippen molar-refractivity contribution in [3.63, 3.8) is 0 Å². The van der Waals surface area contributed by atoms with Gasteiger partial charge in [-0.1, -0.05) is 6.07 Å². The molecule has 0 spiro atoms. The van der Waals surface area contributed by atoms with E-state index in [2.05, 4.69) is 5.32 Å². The van der Waals surface area contributed by atoms with Crippen LogP contribution in [0.3, 0.4) is 0 Å².